The molecule has 9 nitrogen and oxygen atoms in total. The number of Topliss-reactive ketones (excluding diaryl/α,β-unsaturated/α-hetero) is 1. The first kappa shape index (κ1) is 31.5. The lowest BCUT2D eigenvalue weighted by molar-refractivity contribution is -0.282. The van der Waals surface area contributed by atoms with Crippen molar-refractivity contribution in [3.63, 3.8) is 0 Å². The Bertz CT molecular complexity index is 629. The number of unbranched alkanes of at least 4 members (excludes halogenated alkanes) is 4. The number of rotatable bonds is 19. The molecule has 0 radical (unpaired) electrons. The predicted molar refractivity (Wildman–Crippen MR) is 134 cm³/mol. The normalized spacial score (nSPS) is 25.1. The summed E-state index contributed by atoms with van der Waals surface area (Å²) in [5.41, 5.74) is 0.919. The van der Waals surface area contributed by atoms with Crippen LogP contribution in [0.4, 0.5) is 0 Å². The first-order valence-corrected chi connectivity index (χ1v) is 13.2. The number of aliphatic hydroxyl groups is 3. The number of allylic oxidation sites excluding steroid dienone is 1. The van der Waals surface area contributed by atoms with Crippen molar-refractivity contribution >= 4 is 11.7 Å². The van der Waals surface area contributed by atoms with Crippen molar-refractivity contribution in [3.8, 4) is 0 Å². The lowest BCUT2D eigenvalue weighted by atomic mass is 9.92. The smallest absolute Gasteiger partial charge is 0.219 e. The molecule has 0 bridgehead atoms. The van der Waals surface area contributed by atoms with Crippen LogP contribution in [0.2, 0.25) is 0 Å². The Labute approximate surface area is 210 Å². The summed E-state index contributed by atoms with van der Waals surface area (Å²) in [4.78, 5) is 24.0. The molecule has 204 valence electrons. The fourth-order valence-corrected chi connectivity index (χ4v) is 4.07. The van der Waals surface area contributed by atoms with Gasteiger partial charge in [0.2, 0.25) is 5.91 Å². The van der Waals surface area contributed by atoms with E-state index in [1.54, 1.807) is 13.8 Å². The summed E-state index contributed by atoms with van der Waals surface area (Å²) in [7, 11) is 0. The predicted octanol–water partition coefficient (Wildman–Crippen LogP) is 2.18. The minimum absolute atomic E-state index is 0.0169. The number of ether oxygens (including phenoxy) is 2. The highest BCUT2D eigenvalue weighted by Gasteiger charge is 2.42. The van der Waals surface area contributed by atoms with Gasteiger partial charge in [0.25, 0.3) is 0 Å². The highest BCUT2D eigenvalue weighted by Crippen LogP contribution is 2.26. The molecule has 35 heavy (non-hydrogen) atoms. The van der Waals surface area contributed by atoms with Gasteiger partial charge in [-0.2, -0.15) is 0 Å². The summed E-state index contributed by atoms with van der Waals surface area (Å²) in [6.07, 6.45) is 4.59. The number of aliphatic hydroxyl groups excluding tert-OH is 3. The Kier molecular flexibility index (Phi) is 16.1. The van der Waals surface area contributed by atoms with Crippen LogP contribution in [0.1, 0.15) is 85.0 Å². The number of nitrogens with one attached hydrogen (secondary N) is 2. The van der Waals surface area contributed by atoms with Crippen LogP contribution in [0.25, 0.3) is 0 Å². The number of hydrogen-bond acceptors (Lipinski definition) is 8. The Morgan fingerprint density at radius 2 is 1.77 bits per heavy atom. The fourth-order valence-electron chi connectivity index (χ4n) is 4.07. The number of carbonyl (C=O) groups is 2. The standard InChI is InChI=1S/C26H48N2O7/c1-5-6-7-12-18(2)28-21(20(4)30)13-8-10-15-27-23(31)14-9-11-16-34-26-19(3)24(32)25(33)22(17-29)35-26/h19,21-22,24-26,28-29,32-33H,2,5-17H2,1,3-4H3,(H,27,31). The second-order valence-electron chi connectivity index (χ2n) is 9.61. The molecule has 0 spiro atoms. The quantitative estimate of drug-likeness (QED) is 0.170. The van der Waals surface area contributed by atoms with Crippen molar-refractivity contribution in [1.29, 1.82) is 0 Å². The molecule has 1 heterocycles. The molecule has 5 N–H and O–H groups in total. The summed E-state index contributed by atoms with van der Waals surface area (Å²) in [5.74, 6) is -0.330. The van der Waals surface area contributed by atoms with Crippen LogP contribution in [0.3, 0.4) is 0 Å². The molecular formula is C26H48N2O7. The topological polar surface area (TPSA) is 137 Å². The monoisotopic (exact) mass is 500 g/mol. The van der Waals surface area contributed by atoms with Gasteiger partial charge in [-0.05, 0) is 51.9 Å². The Morgan fingerprint density at radius 1 is 1.06 bits per heavy atom. The molecule has 1 saturated heterocycles. The van der Waals surface area contributed by atoms with E-state index in [0.29, 0.717) is 32.4 Å². The molecular weight excluding hydrogens is 452 g/mol. The van der Waals surface area contributed by atoms with E-state index in [2.05, 4.69) is 24.1 Å². The molecule has 1 rings (SSSR count). The average molecular weight is 501 g/mol. The van der Waals surface area contributed by atoms with E-state index < -0.39 is 37.1 Å². The molecule has 0 aliphatic carbocycles. The second kappa shape index (κ2) is 17.8. The lowest BCUT2D eigenvalue weighted by Crippen LogP contribution is -2.55. The molecule has 6 atom stereocenters. The van der Waals surface area contributed by atoms with Gasteiger partial charge in [0.15, 0.2) is 12.1 Å². The third-order valence-corrected chi connectivity index (χ3v) is 6.46. The summed E-state index contributed by atoms with van der Waals surface area (Å²) >= 11 is 0. The van der Waals surface area contributed by atoms with E-state index in [4.69, 9.17) is 9.47 Å². The maximum atomic E-state index is 12.1. The Hall–Kier alpha value is -1.52. The van der Waals surface area contributed by atoms with Gasteiger partial charge in [-0.3, -0.25) is 9.59 Å². The average Bonchev–Trinajstić information content (AvgIpc) is 2.82. The van der Waals surface area contributed by atoms with Gasteiger partial charge in [0.1, 0.15) is 12.2 Å². The van der Waals surface area contributed by atoms with Gasteiger partial charge in [0, 0.05) is 31.2 Å². The fraction of sp³-hybridized carbons (Fsp3) is 0.846. The minimum Gasteiger partial charge on any atom is -0.394 e. The van der Waals surface area contributed by atoms with Crippen molar-refractivity contribution in [1.82, 2.24) is 10.6 Å². The lowest BCUT2D eigenvalue weighted by Gasteiger charge is -2.40. The van der Waals surface area contributed by atoms with Crippen LogP contribution in [0.5, 0.6) is 0 Å². The van der Waals surface area contributed by atoms with Crippen LogP contribution >= 0.6 is 0 Å². The number of ketones is 1. The number of amides is 1. The van der Waals surface area contributed by atoms with E-state index in [1.807, 2.05) is 0 Å². The molecule has 1 aliphatic rings. The summed E-state index contributed by atoms with van der Waals surface area (Å²) in [5, 5.41) is 35.4. The molecule has 1 fully saturated rings. The van der Waals surface area contributed by atoms with Crippen molar-refractivity contribution in [2.75, 3.05) is 19.8 Å². The summed E-state index contributed by atoms with van der Waals surface area (Å²) in [6, 6.07) is -0.215. The van der Waals surface area contributed by atoms with Crippen molar-refractivity contribution < 1.29 is 34.4 Å². The third-order valence-electron chi connectivity index (χ3n) is 6.46. The molecule has 0 saturated carbocycles. The zero-order valence-electron chi connectivity index (χ0n) is 21.8. The van der Waals surface area contributed by atoms with Gasteiger partial charge < -0.3 is 35.4 Å². The molecule has 1 aliphatic heterocycles. The van der Waals surface area contributed by atoms with E-state index in [0.717, 1.165) is 50.6 Å². The minimum atomic E-state index is -1.14. The number of hydrogen-bond donors (Lipinski definition) is 5. The second-order valence-corrected chi connectivity index (χ2v) is 9.61. The van der Waals surface area contributed by atoms with Gasteiger partial charge in [-0.15, -0.1) is 0 Å². The van der Waals surface area contributed by atoms with E-state index in [9.17, 15) is 24.9 Å². The molecule has 6 unspecified atom stereocenters. The molecule has 0 aromatic carbocycles. The van der Waals surface area contributed by atoms with E-state index in [-0.39, 0.29) is 17.7 Å². The van der Waals surface area contributed by atoms with E-state index in [1.165, 1.54) is 0 Å². The van der Waals surface area contributed by atoms with Gasteiger partial charge in [-0.25, -0.2) is 0 Å². The highest BCUT2D eigenvalue weighted by molar-refractivity contribution is 5.81. The number of carbonyl (C=O) groups excluding carboxylic acids is 2. The Balaban J connectivity index is 2.13. The van der Waals surface area contributed by atoms with Gasteiger partial charge >= 0.3 is 0 Å². The zero-order chi connectivity index (χ0) is 26.2. The summed E-state index contributed by atoms with van der Waals surface area (Å²) in [6.45, 7) is 10.0. The Morgan fingerprint density at radius 3 is 2.43 bits per heavy atom. The maximum Gasteiger partial charge on any atom is 0.219 e. The van der Waals surface area contributed by atoms with E-state index >= 15 is 0 Å². The van der Waals surface area contributed by atoms with Crippen LogP contribution in [0, 0.1) is 5.92 Å². The highest BCUT2D eigenvalue weighted by atomic mass is 16.7. The summed E-state index contributed by atoms with van der Waals surface area (Å²) < 4.78 is 11.2. The van der Waals surface area contributed by atoms with Crippen LogP contribution in [-0.4, -0.2) is 77.4 Å². The van der Waals surface area contributed by atoms with Crippen molar-refractivity contribution in [2.24, 2.45) is 5.92 Å². The molecule has 1 amide bonds. The third kappa shape index (κ3) is 12.3. The SMILES string of the molecule is C=C(CCCCC)NC(CCCCNC(=O)CCCCOC1OC(CO)C(O)C(O)C1C)C(C)=O. The molecule has 0 aromatic heterocycles. The van der Waals surface area contributed by atoms with Crippen molar-refractivity contribution in [3.05, 3.63) is 12.3 Å². The van der Waals surface area contributed by atoms with Crippen LogP contribution < -0.4 is 10.6 Å². The van der Waals surface area contributed by atoms with Gasteiger partial charge in [0.05, 0.1) is 18.8 Å². The zero-order valence-corrected chi connectivity index (χ0v) is 21.8. The molecule has 0 aromatic rings. The van der Waals surface area contributed by atoms with Gasteiger partial charge in [-0.1, -0.05) is 33.3 Å². The van der Waals surface area contributed by atoms with Crippen LogP contribution in [-0.2, 0) is 19.1 Å². The first-order chi connectivity index (χ1) is 16.7. The largest absolute Gasteiger partial charge is 0.394 e. The van der Waals surface area contributed by atoms with Crippen LogP contribution in [0.15, 0.2) is 12.3 Å². The van der Waals surface area contributed by atoms with Crippen molar-refractivity contribution in [2.45, 2.75) is 116 Å². The molecule has 9 heteroatoms. The maximum absolute atomic E-state index is 12.1. The first-order valence-electron chi connectivity index (χ1n) is 13.2.